The van der Waals surface area contributed by atoms with Crippen LogP contribution in [-0.4, -0.2) is 50.3 Å². The predicted molar refractivity (Wildman–Crippen MR) is 83.4 cm³/mol. The van der Waals surface area contributed by atoms with Crippen molar-refractivity contribution in [3.05, 3.63) is 30.3 Å². The SMILES string of the molecule is O=C(C[NH+]1CCNC(=O)C1)NCCCSc1ccccc1. The Labute approximate surface area is 129 Å². The van der Waals surface area contributed by atoms with Gasteiger partial charge >= 0.3 is 0 Å². The van der Waals surface area contributed by atoms with Gasteiger partial charge < -0.3 is 15.5 Å². The van der Waals surface area contributed by atoms with Crippen LogP contribution in [0.5, 0.6) is 0 Å². The minimum absolute atomic E-state index is 0.0308. The summed E-state index contributed by atoms with van der Waals surface area (Å²) in [5.74, 6) is 1.05. The molecule has 1 atom stereocenters. The number of nitrogens with one attached hydrogen (secondary N) is 3. The largest absolute Gasteiger partial charge is 0.351 e. The van der Waals surface area contributed by atoms with Crippen molar-refractivity contribution in [2.75, 3.05) is 38.5 Å². The summed E-state index contributed by atoms with van der Waals surface area (Å²) in [6.45, 7) is 2.97. The molecule has 21 heavy (non-hydrogen) atoms. The lowest BCUT2D eigenvalue weighted by atomic mass is 10.3. The molecule has 0 spiro atoms. The fourth-order valence-corrected chi connectivity index (χ4v) is 3.08. The summed E-state index contributed by atoms with van der Waals surface area (Å²) in [7, 11) is 0. The molecule has 0 bridgehead atoms. The highest BCUT2D eigenvalue weighted by Crippen LogP contribution is 2.17. The molecule has 2 rings (SSSR count). The molecule has 1 aliphatic rings. The van der Waals surface area contributed by atoms with Gasteiger partial charge in [0, 0.05) is 11.4 Å². The normalized spacial score (nSPS) is 18.1. The second-order valence-electron chi connectivity index (χ2n) is 5.07. The van der Waals surface area contributed by atoms with Gasteiger partial charge in [-0.1, -0.05) is 18.2 Å². The fraction of sp³-hybridized carbons (Fsp3) is 0.467. The van der Waals surface area contributed by atoms with Crippen LogP contribution in [0.3, 0.4) is 0 Å². The lowest BCUT2D eigenvalue weighted by Gasteiger charge is -2.22. The van der Waals surface area contributed by atoms with Crippen molar-refractivity contribution in [3.8, 4) is 0 Å². The van der Waals surface area contributed by atoms with Crippen LogP contribution in [0.25, 0.3) is 0 Å². The van der Waals surface area contributed by atoms with E-state index >= 15 is 0 Å². The summed E-state index contributed by atoms with van der Waals surface area (Å²) in [5, 5.41) is 5.69. The Bertz CT molecular complexity index is 467. The quantitative estimate of drug-likeness (QED) is 0.461. The van der Waals surface area contributed by atoms with Gasteiger partial charge in [-0.05, 0) is 24.3 Å². The van der Waals surface area contributed by atoms with Gasteiger partial charge in [0.1, 0.15) is 0 Å². The van der Waals surface area contributed by atoms with E-state index in [1.807, 2.05) is 18.2 Å². The van der Waals surface area contributed by atoms with E-state index in [9.17, 15) is 9.59 Å². The average molecular weight is 308 g/mol. The molecule has 0 radical (unpaired) electrons. The van der Waals surface area contributed by atoms with Crippen molar-refractivity contribution < 1.29 is 14.5 Å². The third kappa shape index (κ3) is 6.18. The Morgan fingerprint density at radius 2 is 2.14 bits per heavy atom. The summed E-state index contributed by atoms with van der Waals surface area (Å²) >= 11 is 1.80. The van der Waals surface area contributed by atoms with Crippen molar-refractivity contribution in [1.82, 2.24) is 10.6 Å². The number of amides is 2. The number of hydrogen-bond acceptors (Lipinski definition) is 3. The molecule has 1 heterocycles. The monoisotopic (exact) mass is 308 g/mol. The van der Waals surface area contributed by atoms with Crippen molar-refractivity contribution in [2.45, 2.75) is 11.3 Å². The average Bonchev–Trinajstić information content (AvgIpc) is 2.48. The van der Waals surface area contributed by atoms with Gasteiger partial charge in [0.25, 0.3) is 11.8 Å². The number of quaternary nitrogens is 1. The number of rotatable bonds is 7. The molecule has 114 valence electrons. The van der Waals surface area contributed by atoms with Crippen LogP contribution in [0.1, 0.15) is 6.42 Å². The van der Waals surface area contributed by atoms with Crippen LogP contribution in [0.4, 0.5) is 0 Å². The first-order valence-corrected chi connectivity index (χ1v) is 8.27. The van der Waals surface area contributed by atoms with E-state index in [4.69, 9.17) is 0 Å². The molecule has 3 N–H and O–H groups in total. The Kier molecular flexibility index (Phi) is 6.56. The topological polar surface area (TPSA) is 62.6 Å². The van der Waals surface area contributed by atoms with Gasteiger partial charge in [-0.3, -0.25) is 9.59 Å². The number of benzene rings is 1. The molecule has 1 unspecified atom stereocenters. The van der Waals surface area contributed by atoms with Crippen molar-refractivity contribution >= 4 is 23.6 Å². The molecule has 0 aliphatic carbocycles. The predicted octanol–water partition coefficient (Wildman–Crippen LogP) is -0.700. The zero-order chi connectivity index (χ0) is 14.9. The molecule has 1 aliphatic heterocycles. The molecule has 1 fully saturated rings. The molecule has 1 aromatic rings. The zero-order valence-electron chi connectivity index (χ0n) is 12.1. The van der Waals surface area contributed by atoms with Crippen molar-refractivity contribution in [2.24, 2.45) is 0 Å². The van der Waals surface area contributed by atoms with Crippen LogP contribution in [0, 0.1) is 0 Å². The van der Waals surface area contributed by atoms with E-state index in [0.717, 1.165) is 23.6 Å². The number of thioether (sulfide) groups is 1. The second-order valence-corrected chi connectivity index (χ2v) is 6.24. The molecule has 6 heteroatoms. The summed E-state index contributed by atoms with van der Waals surface area (Å²) in [6, 6.07) is 10.2. The molecular formula is C15H22N3O2S+. The highest BCUT2D eigenvalue weighted by molar-refractivity contribution is 7.99. The Hall–Kier alpha value is -1.53. The van der Waals surface area contributed by atoms with E-state index in [1.165, 1.54) is 4.90 Å². The number of carbonyl (C=O) groups excluding carboxylic acids is 2. The lowest BCUT2D eigenvalue weighted by molar-refractivity contribution is -0.885. The summed E-state index contributed by atoms with van der Waals surface area (Å²) < 4.78 is 0. The van der Waals surface area contributed by atoms with Gasteiger partial charge in [-0.2, -0.15) is 0 Å². The summed E-state index contributed by atoms with van der Waals surface area (Å²) in [4.78, 5) is 25.3. The van der Waals surface area contributed by atoms with Gasteiger partial charge in [0.2, 0.25) is 0 Å². The molecule has 0 aromatic heterocycles. The highest BCUT2D eigenvalue weighted by atomic mass is 32.2. The summed E-state index contributed by atoms with van der Waals surface area (Å²) in [5.41, 5.74) is 0. The van der Waals surface area contributed by atoms with Crippen LogP contribution < -0.4 is 15.5 Å². The molecule has 2 amide bonds. The maximum atomic E-state index is 11.8. The van der Waals surface area contributed by atoms with Crippen molar-refractivity contribution in [1.29, 1.82) is 0 Å². The third-order valence-corrected chi connectivity index (χ3v) is 4.38. The first kappa shape index (κ1) is 15.9. The first-order valence-electron chi connectivity index (χ1n) is 7.29. The van der Waals surface area contributed by atoms with Crippen molar-refractivity contribution in [3.63, 3.8) is 0 Å². The molecular weight excluding hydrogens is 286 g/mol. The molecule has 1 aromatic carbocycles. The minimum atomic E-state index is 0.0308. The third-order valence-electron chi connectivity index (χ3n) is 3.28. The van der Waals surface area contributed by atoms with Crippen LogP contribution >= 0.6 is 11.8 Å². The summed E-state index contributed by atoms with van der Waals surface area (Å²) in [6.07, 6.45) is 0.946. The highest BCUT2D eigenvalue weighted by Gasteiger charge is 2.21. The van der Waals surface area contributed by atoms with E-state index in [-0.39, 0.29) is 11.8 Å². The standard InChI is InChI=1S/C15H21N3O2S/c19-14(11-18-9-8-17-15(20)12-18)16-7-4-10-21-13-5-2-1-3-6-13/h1-3,5-6H,4,7-12H2,(H,16,19)(H,17,20)/p+1. The first-order chi connectivity index (χ1) is 10.2. The van der Waals surface area contributed by atoms with E-state index in [0.29, 0.717) is 26.2 Å². The van der Waals surface area contributed by atoms with Crippen LogP contribution in [0.2, 0.25) is 0 Å². The zero-order valence-corrected chi connectivity index (χ0v) is 12.9. The number of hydrogen-bond donors (Lipinski definition) is 3. The van der Waals surface area contributed by atoms with Crippen LogP contribution in [0.15, 0.2) is 35.2 Å². The Morgan fingerprint density at radius 1 is 1.33 bits per heavy atom. The molecule has 1 saturated heterocycles. The fourth-order valence-electron chi connectivity index (χ4n) is 2.20. The maximum Gasteiger partial charge on any atom is 0.275 e. The van der Waals surface area contributed by atoms with Gasteiger partial charge in [0.15, 0.2) is 13.1 Å². The Balaban J connectivity index is 1.54. The van der Waals surface area contributed by atoms with E-state index < -0.39 is 0 Å². The van der Waals surface area contributed by atoms with Crippen LogP contribution in [-0.2, 0) is 9.59 Å². The maximum absolute atomic E-state index is 11.8. The van der Waals surface area contributed by atoms with E-state index in [2.05, 4.69) is 22.8 Å². The van der Waals surface area contributed by atoms with Gasteiger partial charge in [-0.25, -0.2) is 0 Å². The molecule has 5 nitrogen and oxygen atoms in total. The number of piperazine rings is 1. The molecule has 0 saturated carbocycles. The van der Waals surface area contributed by atoms with E-state index in [1.54, 1.807) is 11.8 Å². The second kappa shape index (κ2) is 8.69. The number of carbonyl (C=O) groups is 2. The van der Waals surface area contributed by atoms with Gasteiger partial charge in [0.05, 0.1) is 13.1 Å². The lowest BCUT2D eigenvalue weighted by Crippen LogP contribution is -3.16. The Morgan fingerprint density at radius 3 is 2.90 bits per heavy atom. The van der Waals surface area contributed by atoms with Gasteiger partial charge in [-0.15, -0.1) is 11.8 Å². The smallest absolute Gasteiger partial charge is 0.275 e. The minimum Gasteiger partial charge on any atom is -0.351 e.